The predicted molar refractivity (Wildman–Crippen MR) is 133 cm³/mol. The Morgan fingerprint density at radius 1 is 1.14 bits per heavy atom. The third-order valence-corrected chi connectivity index (χ3v) is 7.39. The fraction of sp³-hybridized carbons (Fsp3) is 0.250. The molecule has 1 unspecified atom stereocenters. The van der Waals surface area contributed by atoms with E-state index >= 15 is 0 Å². The first-order valence-corrected chi connectivity index (χ1v) is 12.3. The summed E-state index contributed by atoms with van der Waals surface area (Å²) in [4.78, 5) is 25.5. The van der Waals surface area contributed by atoms with Crippen LogP contribution < -0.4 is 5.32 Å². The number of aromatic amines is 1. The fourth-order valence-electron chi connectivity index (χ4n) is 5.55. The molecule has 7 nitrogen and oxygen atoms in total. The lowest BCUT2D eigenvalue weighted by Gasteiger charge is -2.24. The van der Waals surface area contributed by atoms with Crippen LogP contribution in [0.1, 0.15) is 51.6 Å². The molecule has 1 aromatic carbocycles. The molecule has 2 aliphatic heterocycles. The zero-order chi connectivity index (χ0) is 24.2. The number of aromatic nitrogens is 4. The molecule has 0 amide bonds. The molecule has 6 heterocycles. The average Bonchev–Trinajstić information content (AvgIpc) is 3.67. The van der Waals surface area contributed by atoms with Crippen LogP contribution in [0.15, 0.2) is 55.1 Å². The molecule has 0 bridgehead atoms. The standard InChI is InChI=1S/C28H24FN5O2/c29-19-3-6-34-25(14-31-26(34)11-19)27(35)22-13-33-28-21(22)10-18(12-32-28)17-8-16-4-7-36-15-23(16)20(9-17)24-2-1-5-30-24/h3,6,8-14,24,30H,1-2,4-5,7,15H2,(H,32,33). The van der Waals surface area contributed by atoms with Gasteiger partial charge in [-0.25, -0.2) is 14.4 Å². The molecule has 4 aromatic heterocycles. The van der Waals surface area contributed by atoms with Gasteiger partial charge in [0.25, 0.3) is 0 Å². The monoisotopic (exact) mass is 481 g/mol. The number of carbonyl (C=O) groups excluding carboxylic acids is 1. The van der Waals surface area contributed by atoms with E-state index in [1.165, 1.54) is 47.6 Å². The number of ketones is 1. The Hall–Kier alpha value is -3.88. The molecule has 0 spiro atoms. The van der Waals surface area contributed by atoms with Crippen molar-refractivity contribution in [1.82, 2.24) is 24.7 Å². The topological polar surface area (TPSA) is 84.3 Å². The van der Waals surface area contributed by atoms with Gasteiger partial charge < -0.3 is 15.0 Å². The van der Waals surface area contributed by atoms with Gasteiger partial charge in [0.2, 0.25) is 5.78 Å². The smallest absolute Gasteiger partial charge is 0.213 e. The summed E-state index contributed by atoms with van der Waals surface area (Å²) >= 11 is 0. The second kappa shape index (κ2) is 8.36. The molecule has 1 fully saturated rings. The number of nitrogens with zero attached hydrogens (tertiary/aromatic N) is 3. The quantitative estimate of drug-likeness (QED) is 0.362. The van der Waals surface area contributed by atoms with Crippen molar-refractivity contribution in [3.8, 4) is 11.1 Å². The van der Waals surface area contributed by atoms with E-state index in [1.807, 2.05) is 12.3 Å². The molecule has 8 heteroatoms. The van der Waals surface area contributed by atoms with Crippen LogP contribution in [0.4, 0.5) is 4.39 Å². The van der Waals surface area contributed by atoms with Crippen LogP contribution in [0.3, 0.4) is 0 Å². The fourth-order valence-corrected chi connectivity index (χ4v) is 5.55. The highest BCUT2D eigenvalue weighted by Gasteiger charge is 2.25. The number of halogens is 1. The summed E-state index contributed by atoms with van der Waals surface area (Å²) in [5.41, 5.74) is 7.92. The number of hydrogen-bond acceptors (Lipinski definition) is 5. The van der Waals surface area contributed by atoms with Gasteiger partial charge in [-0.1, -0.05) is 6.07 Å². The summed E-state index contributed by atoms with van der Waals surface area (Å²) < 4.78 is 21.0. The zero-order valence-corrected chi connectivity index (χ0v) is 19.6. The number of benzene rings is 1. The lowest BCUT2D eigenvalue weighted by Crippen LogP contribution is -2.19. The highest BCUT2D eigenvalue weighted by molar-refractivity contribution is 6.15. The van der Waals surface area contributed by atoms with Crippen LogP contribution in [0.2, 0.25) is 0 Å². The maximum Gasteiger partial charge on any atom is 0.213 e. The van der Waals surface area contributed by atoms with E-state index in [4.69, 9.17) is 4.74 Å². The third kappa shape index (κ3) is 3.44. The van der Waals surface area contributed by atoms with Crippen molar-refractivity contribution in [2.45, 2.75) is 31.9 Å². The number of hydrogen-bond donors (Lipinski definition) is 2. The first-order valence-electron chi connectivity index (χ1n) is 12.3. The Bertz CT molecular complexity index is 1650. The number of fused-ring (bicyclic) bond motifs is 3. The number of H-pyrrole nitrogens is 1. The molecule has 0 radical (unpaired) electrons. The molecule has 7 rings (SSSR count). The van der Waals surface area contributed by atoms with Gasteiger partial charge in [-0.05, 0) is 66.3 Å². The number of imidazole rings is 1. The van der Waals surface area contributed by atoms with E-state index in [0.29, 0.717) is 35.2 Å². The number of nitrogens with one attached hydrogen (secondary N) is 2. The van der Waals surface area contributed by atoms with Crippen molar-refractivity contribution in [3.63, 3.8) is 0 Å². The third-order valence-electron chi connectivity index (χ3n) is 7.39. The summed E-state index contributed by atoms with van der Waals surface area (Å²) in [5.74, 6) is -0.588. The molecular weight excluding hydrogens is 457 g/mol. The zero-order valence-electron chi connectivity index (χ0n) is 19.6. The van der Waals surface area contributed by atoms with Gasteiger partial charge >= 0.3 is 0 Å². The molecule has 36 heavy (non-hydrogen) atoms. The molecule has 0 aliphatic carbocycles. The Kier molecular flexibility index (Phi) is 4.97. The predicted octanol–water partition coefficient (Wildman–Crippen LogP) is 4.74. The number of pyridine rings is 2. The molecule has 0 saturated carbocycles. The van der Waals surface area contributed by atoms with Gasteiger partial charge in [0.15, 0.2) is 0 Å². The van der Waals surface area contributed by atoms with Gasteiger partial charge in [0, 0.05) is 41.6 Å². The van der Waals surface area contributed by atoms with E-state index in [2.05, 4.69) is 32.4 Å². The van der Waals surface area contributed by atoms with Gasteiger partial charge in [0.1, 0.15) is 22.8 Å². The minimum absolute atomic E-state index is 0.197. The largest absolute Gasteiger partial charge is 0.376 e. The summed E-state index contributed by atoms with van der Waals surface area (Å²) in [5, 5.41) is 4.38. The molecule has 2 N–H and O–H groups in total. The van der Waals surface area contributed by atoms with Crippen molar-refractivity contribution >= 4 is 22.5 Å². The van der Waals surface area contributed by atoms with Crippen molar-refractivity contribution in [3.05, 3.63) is 88.9 Å². The molecule has 1 atom stereocenters. The SMILES string of the molecule is O=C(c1c[nH]c2ncc(-c3cc4c(c(C5CCCN5)c3)COCC4)cc12)c1cnc2cc(F)ccn12. The van der Waals surface area contributed by atoms with Crippen LogP contribution in [0, 0.1) is 5.82 Å². The summed E-state index contributed by atoms with van der Waals surface area (Å²) in [6, 6.07) is 9.49. The van der Waals surface area contributed by atoms with E-state index in [9.17, 15) is 9.18 Å². The summed E-state index contributed by atoms with van der Waals surface area (Å²) in [6.07, 6.45) is 9.73. The molecular formula is C28H24FN5O2. The lowest BCUT2D eigenvalue weighted by atomic mass is 9.88. The van der Waals surface area contributed by atoms with Crippen LogP contribution in [-0.2, 0) is 17.8 Å². The van der Waals surface area contributed by atoms with Crippen LogP contribution >= 0.6 is 0 Å². The molecule has 5 aromatic rings. The van der Waals surface area contributed by atoms with Crippen molar-refractivity contribution in [1.29, 1.82) is 0 Å². The van der Waals surface area contributed by atoms with Crippen LogP contribution in [-0.4, -0.2) is 38.3 Å². The first-order chi connectivity index (χ1) is 17.7. The first kappa shape index (κ1) is 21.4. The summed E-state index contributed by atoms with van der Waals surface area (Å²) in [7, 11) is 0. The van der Waals surface area contributed by atoms with E-state index in [-0.39, 0.29) is 5.78 Å². The Morgan fingerprint density at radius 2 is 2.08 bits per heavy atom. The van der Waals surface area contributed by atoms with Crippen LogP contribution in [0.5, 0.6) is 0 Å². The second-order valence-electron chi connectivity index (χ2n) is 9.52. The Morgan fingerprint density at radius 3 is 2.97 bits per heavy atom. The van der Waals surface area contributed by atoms with Crippen molar-refractivity contribution in [2.24, 2.45) is 0 Å². The highest BCUT2D eigenvalue weighted by Crippen LogP contribution is 2.36. The summed E-state index contributed by atoms with van der Waals surface area (Å²) in [6.45, 7) is 2.41. The Labute approximate surface area is 206 Å². The Balaban J connectivity index is 1.33. The van der Waals surface area contributed by atoms with E-state index in [1.54, 1.807) is 10.6 Å². The van der Waals surface area contributed by atoms with Gasteiger partial charge in [-0.15, -0.1) is 0 Å². The highest BCUT2D eigenvalue weighted by atomic mass is 19.1. The van der Waals surface area contributed by atoms with Gasteiger partial charge in [-0.2, -0.15) is 0 Å². The van der Waals surface area contributed by atoms with E-state index < -0.39 is 5.82 Å². The van der Waals surface area contributed by atoms with Crippen molar-refractivity contribution in [2.75, 3.05) is 13.2 Å². The number of rotatable bonds is 4. The second-order valence-corrected chi connectivity index (χ2v) is 9.52. The van der Waals surface area contributed by atoms with Gasteiger partial charge in [-0.3, -0.25) is 9.20 Å². The normalized spacial score (nSPS) is 17.6. The number of carbonyl (C=O) groups is 1. The molecule has 2 aliphatic rings. The minimum Gasteiger partial charge on any atom is -0.376 e. The van der Waals surface area contributed by atoms with E-state index in [0.717, 1.165) is 42.5 Å². The molecule has 1 saturated heterocycles. The van der Waals surface area contributed by atoms with Crippen LogP contribution in [0.25, 0.3) is 27.8 Å². The minimum atomic E-state index is -0.392. The molecule has 180 valence electrons. The van der Waals surface area contributed by atoms with Crippen molar-refractivity contribution < 1.29 is 13.9 Å². The average molecular weight is 482 g/mol. The maximum absolute atomic E-state index is 13.6. The lowest BCUT2D eigenvalue weighted by molar-refractivity contribution is 0.103. The van der Waals surface area contributed by atoms with Gasteiger partial charge in [0.05, 0.1) is 25.0 Å². The number of ether oxygens (including phenoxy) is 1. The maximum atomic E-state index is 13.6.